The molecule has 3 heterocycles. The van der Waals surface area contributed by atoms with E-state index < -0.39 is 12.0 Å². The van der Waals surface area contributed by atoms with Gasteiger partial charge < -0.3 is 24.8 Å². The highest BCUT2D eigenvalue weighted by Gasteiger charge is 2.32. The van der Waals surface area contributed by atoms with Gasteiger partial charge in [-0.2, -0.15) is 0 Å². The molecule has 1 aliphatic rings. The van der Waals surface area contributed by atoms with Crippen molar-refractivity contribution in [2.24, 2.45) is 5.41 Å². The number of anilines is 1. The van der Waals surface area contributed by atoms with E-state index in [-0.39, 0.29) is 23.7 Å². The molecule has 0 saturated heterocycles. The second-order valence-corrected chi connectivity index (χ2v) is 10.6. The first kappa shape index (κ1) is 26.1. The number of fused-ring (bicyclic) bond motifs is 2. The Labute approximate surface area is 216 Å². The number of aromatic amines is 1. The van der Waals surface area contributed by atoms with Gasteiger partial charge in [0.15, 0.2) is 5.65 Å². The summed E-state index contributed by atoms with van der Waals surface area (Å²) in [5.41, 5.74) is 3.51. The normalized spacial score (nSPS) is 15.6. The summed E-state index contributed by atoms with van der Waals surface area (Å²) >= 11 is 0. The van der Waals surface area contributed by atoms with Gasteiger partial charge in [-0.15, -0.1) is 0 Å². The second-order valence-electron chi connectivity index (χ2n) is 10.6. The number of benzene rings is 1. The molecule has 2 amide bonds. The molecule has 4 rings (SSSR count). The Hall–Kier alpha value is -3.95. The van der Waals surface area contributed by atoms with Crippen LogP contribution in [0.2, 0.25) is 0 Å². The Kier molecular flexibility index (Phi) is 7.47. The van der Waals surface area contributed by atoms with Crippen LogP contribution in [0.25, 0.3) is 11.2 Å². The topological polar surface area (TPSA) is 121 Å². The minimum Gasteiger partial charge on any atom is -0.469 e. The van der Waals surface area contributed by atoms with Gasteiger partial charge in [-0.3, -0.25) is 14.4 Å². The van der Waals surface area contributed by atoms with Crippen molar-refractivity contribution < 1.29 is 19.1 Å². The van der Waals surface area contributed by atoms with Crippen molar-refractivity contribution in [2.75, 3.05) is 26.0 Å². The maximum absolute atomic E-state index is 13.4. The molecule has 0 radical (unpaired) electrons. The average Bonchev–Trinajstić information content (AvgIpc) is 3.21. The van der Waals surface area contributed by atoms with Crippen LogP contribution in [-0.4, -0.2) is 69.3 Å². The third kappa shape index (κ3) is 6.25. The molecule has 1 atom stereocenters. The van der Waals surface area contributed by atoms with E-state index in [0.717, 1.165) is 23.2 Å². The van der Waals surface area contributed by atoms with Crippen LogP contribution in [0, 0.1) is 5.41 Å². The lowest BCUT2D eigenvalue weighted by Gasteiger charge is -2.28. The lowest BCUT2D eigenvalue weighted by atomic mass is 9.92. The maximum atomic E-state index is 13.4. The van der Waals surface area contributed by atoms with Gasteiger partial charge in [0.25, 0.3) is 5.91 Å². The summed E-state index contributed by atoms with van der Waals surface area (Å²) in [6, 6.07) is 8.33. The van der Waals surface area contributed by atoms with Gasteiger partial charge in [0, 0.05) is 37.6 Å². The number of hydrogen-bond donors (Lipinski definition) is 2. The van der Waals surface area contributed by atoms with Gasteiger partial charge in [0.1, 0.15) is 11.9 Å². The Bertz CT molecular complexity index is 1280. The van der Waals surface area contributed by atoms with Crippen LogP contribution >= 0.6 is 0 Å². The van der Waals surface area contributed by atoms with Crippen LogP contribution in [0.3, 0.4) is 0 Å². The quantitative estimate of drug-likeness (QED) is 0.472. The largest absolute Gasteiger partial charge is 0.469 e. The van der Waals surface area contributed by atoms with E-state index >= 15 is 0 Å². The molecule has 196 valence electrons. The van der Waals surface area contributed by atoms with Gasteiger partial charge in [0.05, 0.1) is 25.6 Å². The third-order valence-corrected chi connectivity index (χ3v) is 6.42. The van der Waals surface area contributed by atoms with E-state index in [9.17, 15) is 14.4 Å². The number of imidazole rings is 1. The number of carbonyl (C=O) groups excluding carboxylic acids is 3. The number of nitrogens with one attached hydrogen (secondary N) is 2. The van der Waals surface area contributed by atoms with Crippen LogP contribution in [0.5, 0.6) is 0 Å². The van der Waals surface area contributed by atoms with E-state index in [0.29, 0.717) is 36.7 Å². The Morgan fingerprint density at radius 3 is 2.73 bits per heavy atom. The van der Waals surface area contributed by atoms with Crippen LogP contribution in [0.4, 0.5) is 5.69 Å². The SMILES string of the molecule is COC(=O)CC1Nc2ccc(C(=O)N(C)Cc3nc4ncccc4[nH]3)cc2CN(CCC(C)(C)C)C1=O. The average molecular weight is 507 g/mol. The van der Waals surface area contributed by atoms with Gasteiger partial charge in [-0.25, -0.2) is 9.97 Å². The lowest BCUT2D eigenvalue weighted by Crippen LogP contribution is -2.42. The molecule has 2 aromatic heterocycles. The summed E-state index contributed by atoms with van der Waals surface area (Å²) in [5.74, 6) is -0.140. The number of ether oxygens (including phenoxy) is 1. The first-order chi connectivity index (χ1) is 17.5. The number of H-pyrrole nitrogens is 1. The van der Waals surface area contributed by atoms with Gasteiger partial charge in [-0.1, -0.05) is 20.8 Å². The zero-order chi connectivity index (χ0) is 26.7. The molecule has 2 N–H and O–H groups in total. The van der Waals surface area contributed by atoms with E-state index in [4.69, 9.17) is 4.74 Å². The summed E-state index contributed by atoms with van der Waals surface area (Å²) in [5, 5.41) is 3.21. The van der Waals surface area contributed by atoms with Crippen molar-refractivity contribution in [2.45, 2.75) is 52.7 Å². The zero-order valence-electron chi connectivity index (χ0n) is 22.0. The van der Waals surface area contributed by atoms with Crippen molar-refractivity contribution in [1.29, 1.82) is 0 Å². The summed E-state index contributed by atoms with van der Waals surface area (Å²) in [7, 11) is 3.03. The summed E-state index contributed by atoms with van der Waals surface area (Å²) < 4.78 is 4.81. The van der Waals surface area contributed by atoms with Crippen molar-refractivity contribution in [3.63, 3.8) is 0 Å². The van der Waals surface area contributed by atoms with Gasteiger partial charge >= 0.3 is 5.97 Å². The second kappa shape index (κ2) is 10.6. The molecular weight excluding hydrogens is 472 g/mol. The summed E-state index contributed by atoms with van der Waals surface area (Å²) in [6.45, 7) is 7.55. The molecule has 1 unspecified atom stereocenters. The summed E-state index contributed by atoms with van der Waals surface area (Å²) in [6.07, 6.45) is 2.40. The summed E-state index contributed by atoms with van der Waals surface area (Å²) in [4.78, 5) is 53.9. The smallest absolute Gasteiger partial charge is 0.308 e. The molecule has 1 aromatic carbocycles. The van der Waals surface area contributed by atoms with Crippen molar-refractivity contribution >= 4 is 34.6 Å². The highest BCUT2D eigenvalue weighted by Crippen LogP contribution is 2.28. The van der Waals surface area contributed by atoms with Gasteiger partial charge in [-0.05, 0) is 47.7 Å². The molecule has 3 aromatic rings. The Morgan fingerprint density at radius 1 is 1.24 bits per heavy atom. The van der Waals surface area contributed by atoms with Crippen LogP contribution < -0.4 is 5.32 Å². The van der Waals surface area contributed by atoms with Crippen molar-refractivity contribution in [3.8, 4) is 0 Å². The molecule has 0 fully saturated rings. The first-order valence-electron chi connectivity index (χ1n) is 12.3. The number of amides is 2. The van der Waals surface area contributed by atoms with E-state index in [2.05, 4.69) is 41.0 Å². The molecule has 10 heteroatoms. The number of rotatable bonds is 7. The minimum atomic E-state index is -0.736. The van der Waals surface area contributed by atoms with Crippen molar-refractivity contribution in [1.82, 2.24) is 24.8 Å². The Morgan fingerprint density at radius 2 is 2.03 bits per heavy atom. The van der Waals surface area contributed by atoms with Gasteiger partial charge in [0.2, 0.25) is 5.91 Å². The molecule has 1 aliphatic heterocycles. The monoisotopic (exact) mass is 506 g/mol. The highest BCUT2D eigenvalue weighted by molar-refractivity contribution is 5.95. The Balaban J connectivity index is 1.56. The minimum absolute atomic E-state index is 0.0351. The van der Waals surface area contributed by atoms with E-state index in [1.54, 1.807) is 35.2 Å². The highest BCUT2D eigenvalue weighted by atomic mass is 16.5. The molecule has 10 nitrogen and oxygen atoms in total. The first-order valence-corrected chi connectivity index (χ1v) is 12.3. The van der Waals surface area contributed by atoms with Crippen LogP contribution in [0.1, 0.15) is 55.4 Å². The number of carbonyl (C=O) groups is 3. The van der Waals surface area contributed by atoms with E-state index in [1.165, 1.54) is 7.11 Å². The number of aromatic nitrogens is 3. The zero-order valence-corrected chi connectivity index (χ0v) is 22.0. The number of esters is 1. The number of methoxy groups -OCH3 is 1. The van der Waals surface area contributed by atoms with Crippen molar-refractivity contribution in [3.05, 3.63) is 53.5 Å². The predicted octanol–water partition coefficient (Wildman–Crippen LogP) is 3.35. The number of hydrogen-bond acceptors (Lipinski definition) is 7. The molecule has 0 saturated carbocycles. The lowest BCUT2D eigenvalue weighted by molar-refractivity contribution is -0.144. The fraction of sp³-hybridized carbons (Fsp3) is 0.444. The fourth-order valence-corrected chi connectivity index (χ4v) is 4.29. The van der Waals surface area contributed by atoms with Crippen LogP contribution in [-0.2, 0) is 27.4 Å². The fourth-order valence-electron chi connectivity index (χ4n) is 4.29. The standard InChI is InChI=1S/C27H34N6O4/c1-27(2,3)10-12-33-15-18-13-17(8-9-19(18)29-21(26(33)36)14-23(34)37-5)25(35)32(4)16-22-30-20-7-6-11-28-24(20)31-22/h6-9,11,13,21,29H,10,12,14-16H2,1-5H3,(H,28,30,31). The molecular formula is C27H34N6O4. The third-order valence-electron chi connectivity index (χ3n) is 6.42. The predicted molar refractivity (Wildman–Crippen MR) is 140 cm³/mol. The maximum Gasteiger partial charge on any atom is 0.308 e. The molecule has 0 aliphatic carbocycles. The molecule has 0 spiro atoms. The number of nitrogens with zero attached hydrogens (tertiary/aromatic N) is 4. The van der Waals surface area contributed by atoms with Crippen LogP contribution in [0.15, 0.2) is 36.5 Å². The molecule has 0 bridgehead atoms. The van der Waals surface area contributed by atoms with E-state index in [1.807, 2.05) is 18.2 Å². The number of pyridine rings is 1. The molecule has 37 heavy (non-hydrogen) atoms.